The minimum Gasteiger partial charge on any atom is -0.322 e. The molecule has 0 saturated heterocycles. The molecule has 116 valence electrons. The second-order valence-corrected chi connectivity index (χ2v) is 5.31. The minimum atomic E-state index is -5.27. The van der Waals surface area contributed by atoms with Crippen LogP contribution in [0.25, 0.3) is 0 Å². The van der Waals surface area contributed by atoms with Crippen LogP contribution in [0.1, 0.15) is 31.1 Å². The zero-order chi connectivity index (χ0) is 16.6. The number of anilines is 1. The molecule has 0 atom stereocenters. The predicted molar refractivity (Wildman–Crippen MR) is 64.8 cm³/mol. The van der Waals surface area contributed by atoms with E-state index in [0.29, 0.717) is 12.1 Å². The van der Waals surface area contributed by atoms with Crippen molar-refractivity contribution in [2.75, 3.05) is 5.32 Å². The van der Waals surface area contributed by atoms with Crippen molar-refractivity contribution in [3.63, 3.8) is 0 Å². The molecule has 0 saturated carbocycles. The van der Waals surface area contributed by atoms with Gasteiger partial charge in [0.25, 0.3) is 5.78 Å². The summed E-state index contributed by atoms with van der Waals surface area (Å²) in [7, 11) is 0. The van der Waals surface area contributed by atoms with Gasteiger partial charge in [0.2, 0.25) is 5.91 Å². The van der Waals surface area contributed by atoms with E-state index in [1.807, 2.05) is 5.32 Å². The predicted octanol–water partition coefficient (Wildman–Crippen LogP) is 3.69. The Kier molecular flexibility index (Phi) is 4.40. The highest BCUT2D eigenvalue weighted by Gasteiger charge is 2.41. The van der Waals surface area contributed by atoms with Gasteiger partial charge in [-0.3, -0.25) is 9.59 Å². The molecular weight excluding hydrogens is 297 g/mol. The third kappa shape index (κ3) is 3.77. The fraction of sp³-hybridized carbons (Fsp3) is 0.385. The van der Waals surface area contributed by atoms with Crippen molar-refractivity contribution >= 4 is 17.4 Å². The maximum absolute atomic E-state index is 13.6. The fourth-order valence-corrected chi connectivity index (χ4v) is 1.32. The summed E-state index contributed by atoms with van der Waals surface area (Å²) in [5.41, 5.74) is -3.34. The first-order valence-electron chi connectivity index (χ1n) is 5.76. The van der Waals surface area contributed by atoms with Crippen molar-refractivity contribution in [2.45, 2.75) is 26.9 Å². The highest BCUT2D eigenvalue weighted by molar-refractivity contribution is 6.08. The van der Waals surface area contributed by atoms with E-state index in [-0.39, 0.29) is 0 Å². The number of nitrogens with one attached hydrogen (secondary N) is 1. The van der Waals surface area contributed by atoms with E-state index in [9.17, 15) is 31.5 Å². The highest BCUT2D eigenvalue weighted by atomic mass is 19.4. The van der Waals surface area contributed by atoms with Crippen molar-refractivity contribution in [2.24, 2.45) is 5.41 Å². The Morgan fingerprint density at radius 1 is 1.05 bits per heavy atom. The summed E-state index contributed by atoms with van der Waals surface area (Å²) in [5, 5.41) is 1.84. The number of ketones is 1. The standard InChI is InChI=1S/C13H12F5NO2/c1-12(2,3)11(21)19-9-6(10(20)13(16,17)18)4-5-7(14)8(9)15/h4-5H,1-3H3,(H,19,21). The van der Waals surface area contributed by atoms with E-state index < -0.39 is 46.2 Å². The number of carbonyl (C=O) groups is 2. The van der Waals surface area contributed by atoms with Crippen molar-refractivity contribution < 1.29 is 31.5 Å². The van der Waals surface area contributed by atoms with Crippen LogP contribution in [0.4, 0.5) is 27.6 Å². The molecule has 0 spiro atoms. The summed E-state index contributed by atoms with van der Waals surface area (Å²) < 4.78 is 64.1. The van der Waals surface area contributed by atoms with Gasteiger partial charge in [-0.25, -0.2) is 8.78 Å². The molecular formula is C13H12F5NO2. The first-order valence-corrected chi connectivity index (χ1v) is 5.76. The molecule has 0 radical (unpaired) electrons. The van der Waals surface area contributed by atoms with Gasteiger partial charge in [-0.2, -0.15) is 13.2 Å². The second-order valence-electron chi connectivity index (χ2n) is 5.31. The molecule has 0 aliphatic carbocycles. The highest BCUT2D eigenvalue weighted by Crippen LogP contribution is 2.30. The van der Waals surface area contributed by atoms with Gasteiger partial charge in [0.1, 0.15) is 0 Å². The Bertz CT molecular complexity index is 587. The third-order valence-electron chi connectivity index (χ3n) is 2.52. The first kappa shape index (κ1) is 17.1. The summed E-state index contributed by atoms with van der Waals surface area (Å²) in [5.74, 6) is -6.42. The molecule has 0 aliphatic rings. The molecule has 1 N–H and O–H groups in total. The lowest BCUT2D eigenvalue weighted by atomic mass is 9.95. The van der Waals surface area contributed by atoms with Crippen molar-refractivity contribution in [1.29, 1.82) is 0 Å². The number of halogens is 5. The van der Waals surface area contributed by atoms with Crippen molar-refractivity contribution in [3.8, 4) is 0 Å². The van der Waals surface area contributed by atoms with E-state index in [1.165, 1.54) is 20.8 Å². The summed E-state index contributed by atoms with van der Waals surface area (Å²) >= 11 is 0. The van der Waals surface area contributed by atoms with Gasteiger partial charge in [-0.15, -0.1) is 0 Å². The van der Waals surface area contributed by atoms with Crippen LogP contribution in [0.2, 0.25) is 0 Å². The van der Waals surface area contributed by atoms with Crippen LogP contribution in [0.15, 0.2) is 12.1 Å². The zero-order valence-corrected chi connectivity index (χ0v) is 11.4. The average molecular weight is 309 g/mol. The second kappa shape index (κ2) is 5.42. The van der Waals surface area contributed by atoms with Crippen LogP contribution in [0, 0.1) is 17.0 Å². The summed E-state index contributed by atoms with van der Waals surface area (Å²) in [6.45, 7) is 4.26. The quantitative estimate of drug-likeness (QED) is 0.669. The molecule has 21 heavy (non-hydrogen) atoms. The molecule has 8 heteroatoms. The number of amides is 1. The number of hydrogen-bond acceptors (Lipinski definition) is 2. The van der Waals surface area contributed by atoms with E-state index in [4.69, 9.17) is 0 Å². The molecule has 0 aliphatic heterocycles. The normalized spacial score (nSPS) is 12.2. The van der Waals surface area contributed by atoms with Gasteiger partial charge in [-0.05, 0) is 12.1 Å². The van der Waals surface area contributed by atoms with Crippen LogP contribution >= 0.6 is 0 Å². The Labute approximate surface area is 117 Å². The van der Waals surface area contributed by atoms with Crippen LogP contribution < -0.4 is 5.32 Å². The summed E-state index contributed by atoms with van der Waals surface area (Å²) in [6.07, 6.45) is -5.27. The van der Waals surface area contributed by atoms with Gasteiger partial charge in [0, 0.05) is 5.41 Å². The molecule has 1 aromatic carbocycles. The maximum atomic E-state index is 13.6. The molecule has 0 heterocycles. The number of Topliss-reactive ketones (excluding diaryl/α,β-unsaturated/α-hetero) is 1. The van der Waals surface area contributed by atoms with Gasteiger partial charge >= 0.3 is 6.18 Å². The Morgan fingerprint density at radius 2 is 1.57 bits per heavy atom. The number of carbonyl (C=O) groups excluding carboxylic acids is 2. The summed E-state index contributed by atoms with van der Waals surface area (Å²) in [6, 6.07) is 0.869. The topological polar surface area (TPSA) is 46.2 Å². The Morgan fingerprint density at radius 3 is 2.00 bits per heavy atom. The largest absolute Gasteiger partial charge is 0.454 e. The molecule has 0 fully saturated rings. The van der Waals surface area contributed by atoms with Crippen molar-refractivity contribution in [1.82, 2.24) is 0 Å². The lowest BCUT2D eigenvalue weighted by Crippen LogP contribution is -2.31. The van der Waals surface area contributed by atoms with Gasteiger partial charge in [-0.1, -0.05) is 20.8 Å². The molecule has 0 unspecified atom stereocenters. The number of benzene rings is 1. The van der Waals surface area contributed by atoms with E-state index in [1.54, 1.807) is 0 Å². The third-order valence-corrected chi connectivity index (χ3v) is 2.52. The Balaban J connectivity index is 3.39. The van der Waals surface area contributed by atoms with E-state index in [2.05, 4.69) is 0 Å². The number of hydrogen-bond donors (Lipinski definition) is 1. The van der Waals surface area contributed by atoms with Crippen LogP contribution in [-0.2, 0) is 4.79 Å². The number of alkyl halides is 3. The Hall–Kier alpha value is -1.99. The first-order chi connectivity index (χ1) is 9.35. The van der Waals surface area contributed by atoms with Gasteiger partial charge < -0.3 is 5.32 Å². The van der Waals surface area contributed by atoms with Crippen LogP contribution in [-0.4, -0.2) is 17.9 Å². The number of rotatable bonds is 2. The average Bonchev–Trinajstić information content (AvgIpc) is 2.32. The molecule has 1 amide bonds. The van der Waals surface area contributed by atoms with Crippen molar-refractivity contribution in [3.05, 3.63) is 29.3 Å². The molecule has 3 nitrogen and oxygen atoms in total. The fourth-order valence-electron chi connectivity index (χ4n) is 1.32. The minimum absolute atomic E-state index is 0.390. The van der Waals surface area contributed by atoms with Crippen LogP contribution in [0.3, 0.4) is 0 Å². The zero-order valence-electron chi connectivity index (χ0n) is 11.4. The molecule has 0 aromatic heterocycles. The SMILES string of the molecule is CC(C)(C)C(=O)Nc1c(C(=O)C(F)(F)F)ccc(F)c1F. The van der Waals surface area contributed by atoms with Gasteiger partial charge in [0.05, 0.1) is 11.3 Å². The lowest BCUT2D eigenvalue weighted by molar-refractivity contribution is -0.123. The van der Waals surface area contributed by atoms with Gasteiger partial charge in [0.15, 0.2) is 11.6 Å². The lowest BCUT2D eigenvalue weighted by Gasteiger charge is -2.20. The van der Waals surface area contributed by atoms with E-state index in [0.717, 1.165) is 0 Å². The monoisotopic (exact) mass is 309 g/mol. The smallest absolute Gasteiger partial charge is 0.322 e. The molecule has 1 rings (SSSR count). The summed E-state index contributed by atoms with van der Waals surface area (Å²) in [4.78, 5) is 22.9. The molecule has 1 aromatic rings. The van der Waals surface area contributed by atoms with E-state index >= 15 is 0 Å². The maximum Gasteiger partial charge on any atom is 0.454 e. The van der Waals surface area contributed by atoms with Crippen LogP contribution in [0.5, 0.6) is 0 Å². The molecule has 0 bridgehead atoms.